The van der Waals surface area contributed by atoms with Crippen molar-refractivity contribution >= 4 is 5.95 Å². The van der Waals surface area contributed by atoms with Gasteiger partial charge < -0.3 is 19.4 Å². The second kappa shape index (κ2) is 5.71. The third kappa shape index (κ3) is 2.84. The topological polar surface area (TPSA) is 48.3 Å². The molecule has 1 unspecified atom stereocenters. The van der Waals surface area contributed by atoms with Gasteiger partial charge in [0.25, 0.3) is 0 Å². The molecule has 1 aromatic rings. The highest BCUT2D eigenvalue weighted by atomic mass is 16.5. The Morgan fingerprint density at radius 2 is 2.44 bits per heavy atom. The molecule has 0 radical (unpaired) electrons. The summed E-state index contributed by atoms with van der Waals surface area (Å²) in [5.41, 5.74) is 0.828. The molecule has 1 aromatic heterocycles. The first kappa shape index (κ1) is 13.4. The Labute approximate surface area is 108 Å². The molecule has 5 nitrogen and oxygen atoms in total. The number of nitrogens with zero attached hydrogens (tertiary/aromatic N) is 2. The number of hydrogen-bond acceptors (Lipinski definition) is 4. The van der Waals surface area contributed by atoms with Gasteiger partial charge in [-0.05, 0) is 13.3 Å². The third-order valence-electron chi connectivity index (χ3n) is 3.39. The molecular formula is C13H23N3O2. The number of rotatable bonds is 6. The lowest BCUT2D eigenvalue weighted by atomic mass is 10.0. The molecular weight excluding hydrogens is 230 g/mol. The molecule has 18 heavy (non-hydrogen) atoms. The summed E-state index contributed by atoms with van der Waals surface area (Å²) < 4.78 is 13.3. The van der Waals surface area contributed by atoms with Gasteiger partial charge in [0.05, 0.1) is 18.8 Å². The summed E-state index contributed by atoms with van der Waals surface area (Å²) in [6.07, 6.45) is 4.09. The molecule has 1 atom stereocenters. The molecule has 0 amide bonds. The standard InChI is InChI=1S/C13H23N3O2/c1-4-6-14-12-15-11(2)8-16(12)9-13(17-3)5-7-18-10-13/h8H,4-7,9-10H2,1-3H3,(H,14,15). The van der Waals surface area contributed by atoms with Crippen LogP contribution in [0.3, 0.4) is 0 Å². The first-order valence-corrected chi connectivity index (χ1v) is 6.59. The molecule has 5 heteroatoms. The van der Waals surface area contributed by atoms with Gasteiger partial charge in [-0.1, -0.05) is 6.92 Å². The quantitative estimate of drug-likeness (QED) is 0.840. The molecule has 0 bridgehead atoms. The van der Waals surface area contributed by atoms with Gasteiger partial charge >= 0.3 is 0 Å². The lowest BCUT2D eigenvalue weighted by molar-refractivity contribution is -0.0291. The van der Waals surface area contributed by atoms with E-state index in [1.165, 1.54) is 0 Å². The van der Waals surface area contributed by atoms with Crippen LogP contribution in [-0.2, 0) is 16.0 Å². The van der Waals surface area contributed by atoms with Crippen LogP contribution in [0.2, 0.25) is 0 Å². The highest BCUT2D eigenvalue weighted by Gasteiger charge is 2.35. The highest BCUT2D eigenvalue weighted by Crippen LogP contribution is 2.26. The van der Waals surface area contributed by atoms with Crippen molar-refractivity contribution in [3.8, 4) is 0 Å². The van der Waals surface area contributed by atoms with Gasteiger partial charge in [-0.2, -0.15) is 0 Å². The van der Waals surface area contributed by atoms with Crippen LogP contribution < -0.4 is 5.32 Å². The van der Waals surface area contributed by atoms with Crippen molar-refractivity contribution in [2.24, 2.45) is 0 Å². The maximum Gasteiger partial charge on any atom is 0.203 e. The number of anilines is 1. The summed E-state index contributed by atoms with van der Waals surface area (Å²) in [7, 11) is 1.76. The van der Waals surface area contributed by atoms with Crippen molar-refractivity contribution in [2.75, 3.05) is 32.2 Å². The number of hydrogen-bond donors (Lipinski definition) is 1. The van der Waals surface area contributed by atoms with E-state index in [-0.39, 0.29) is 5.60 Å². The van der Waals surface area contributed by atoms with Gasteiger partial charge in [0.15, 0.2) is 0 Å². The summed E-state index contributed by atoms with van der Waals surface area (Å²) >= 11 is 0. The normalized spacial score (nSPS) is 23.5. The SMILES string of the molecule is CCCNc1nc(C)cn1CC1(OC)CCOC1. The smallest absolute Gasteiger partial charge is 0.203 e. The molecule has 1 aliphatic rings. The van der Waals surface area contributed by atoms with Crippen LogP contribution >= 0.6 is 0 Å². The van der Waals surface area contributed by atoms with Crippen LogP contribution in [0.4, 0.5) is 5.95 Å². The van der Waals surface area contributed by atoms with Gasteiger partial charge in [0, 0.05) is 32.9 Å². The minimum absolute atomic E-state index is 0.199. The third-order valence-corrected chi connectivity index (χ3v) is 3.39. The molecule has 2 heterocycles. The summed E-state index contributed by atoms with van der Waals surface area (Å²) in [4.78, 5) is 4.51. The Morgan fingerprint density at radius 1 is 1.61 bits per heavy atom. The van der Waals surface area contributed by atoms with Crippen LogP contribution in [0.15, 0.2) is 6.20 Å². The van der Waals surface area contributed by atoms with E-state index < -0.39 is 0 Å². The van der Waals surface area contributed by atoms with E-state index in [9.17, 15) is 0 Å². The van der Waals surface area contributed by atoms with Crippen LogP contribution in [0.25, 0.3) is 0 Å². The average Bonchev–Trinajstić information content (AvgIpc) is 2.95. The Hall–Kier alpha value is -1.07. The van der Waals surface area contributed by atoms with Gasteiger partial charge in [-0.3, -0.25) is 0 Å². The van der Waals surface area contributed by atoms with Gasteiger partial charge in [0.1, 0.15) is 5.60 Å². The summed E-state index contributed by atoms with van der Waals surface area (Å²) in [6, 6.07) is 0. The number of nitrogens with one attached hydrogen (secondary N) is 1. The van der Waals surface area contributed by atoms with E-state index in [1.54, 1.807) is 7.11 Å². The van der Waals surface area contributed by atoms with E-state index in [1.807, 2.05) is 6.92 Å². The van der Waals surface area contributed by atoms with Gasteiger partial charge in [-0.25, -0.2) is 4.98 Å². The molecule has 1 aliphatic heterocycles. The van der Waals surface area contributed by atoms with E-state index in [0.717, 1.165) is 44.2 Å². The van der Waals surface area contributed by atoms with Crippen molar-refractivity contribution in [3.63, 3.8) is 0 Å². The predicted octanol–water partition coefficient (Wildman–Crippen LogP) is 1.82. The van der Waals surface area contributed by atoms with E-state index >= 15 is 0 Å². The number of imidazole rings is 1. The number of methoxy groups -OCH3 is 1. The Morgan fingerprint density at radius 3 is 3.06 bits per heavy atom. The fourth-order valence-corrected chi connectivity index (χ4v) is 2.29. The lowest BCUT2D eigenvalue weighted by Crippen LogP contribution is -2.37. The lowest BCUT2D eigenvalue weighted by Gasteiger charge is -2.26. The molecule has 1 N–H and O–H groups in total. The zero-order valence-corrected chi connectivity index (χ0v) is 11.5. The first-order valence-electron chi connectivity index (χ1n) is 6.59. The molecule has 0 aromatic carbocycles. The number of ether oxygens (including phenoxy) is 2. The maximum atomic E-state index is 5.67. The largest absolute Gasteiger partial charge is 0.378 e. The number of aryl methyl sites for hydroxylation is 1. The maximum absolute atomic E-state index is 5.67. The van der Waals surface area contributed by atoms with Crippen molar-refractivity contribution in [1.82, 2.24) is 9.55 Å². The fraction of sp³-hybridized carbons (Fsp3) is 0.769. The van der Waals surface area contributed by atoms with Crippen molar-refractivity contribution in [2.45, 2.75) is 38.8 Å². The van der Waals surface area contributed by atoms with E-state index in [0.29, 0.717) is 6.61 Å². The number of aromatic nitrogens is 2. The summed E-state index contributed by atoms with van der Waals surface area (Å²) in [5, 5.41) is 3.35. The van der Waals surface area contributed by atoms with Crippen LogP contribution in [0, 0.1) is 6.92 Å². The molecule has 1 saturated heterocycles. The molecule has 0 aliphatic carbocycles. The molecule has 0 saturated carbocycles. The monoisotopic (exact) mass is 253 g/mol. The van der Waals surface area contributed by atoms with Crippen LogP contribution in [-0.4, -0.2) is 42.0 Å². The molecule has 1 fully saturated rings. The second-order valence-corrected chi connectivity index (χ2v) is 4.95. The Bertz CT molecular complexity index is 384. The van der Waals surface area contributed by atoms with Crippen molar-refractivity contribution in [3.05, 3.63) is 11.9 Å². The second-order valence-electron chi connectivity index (χ2n) is 4.95. The highest BCUT2D eigenvalue weighted by molar-refractivity contribution is 5.29. The fourth-order valence-electron chi connectivity index (χ4n) is 2.29. The average molecular weight is 253 g/mol. The van der Waals surface area contributed by atoms with Gasteiger partial charge in [0.2, 0.25) is 5.95 Å². The van der Waals surface area contributed by atoms with E-state index in [4.69, 9.17) is 9.47 Å². The zero-order valence-electron chi connectivity index (χ0n) is 11.5. The first-order chi connectivity index (χ1) is 8.69. The van der Waals surface area contributed by atoms with E-state index in [2.05, 4.69) is 28.0 Å². The van der Waals surface area contributed by atoms with Crippen molar-refractivity contribution in [1.29, 1.82) is 0 Å². The minimum atomic E-state index is -0.199. The molecule has 0 spiro atoms. The Kier molecular flexibility index (Phi) is 4.24. The Balaban J connectivity index is 2.11. The molecule has 2 rings (SSSR count). The predicted molar refractivity (Wildman–Crippen MR) is 70.9 cm³/mol. The van der Waals surface area contributed by atoms with Crippen LogP contribution in [0.1, 0.15) is 25.5 Å². The summed E-state index contributed by atoms with van der Waals surface area (Å²) in [5.74, 6) is 0.928. The van der Waals surface area contributed by atoms with Crippen molar-refractivity contribution < 1.29 is 9.47 Å². The minimum Gasteiger partial charge on any atom is -0.378 e. The van der Waals surface area contributed by atoms with Gasteiger partial charge in [-0.15, -0.1) is 0 Å². The van der Waals surface area contributed by atoms with Crippen LogP contribution in [0.5, 0.6) is 0 Å². The summed E-state index contributed by atoms with van der Waals surface area (Å²) in [6.45, 7) is 7.32. The molecule has 102 valence electrons. The zero-order chi connectivity index (χ0) is 13.0.